The minimum absolute atomic E-state index is 0.166. The zero-order chi connectivity index (χ0) is 15.9. The highest BCUT2D eigenvalue weighted by atomic mass is 32.2. The van der Waals surface area contributed by atoms with E-state index in [2.05, 4.69) is 0 Å². The van der Waals surface area contributed by atoms with Gasteiger partial charge in [0.1, 0.15) is 10.0 Å². The van der Waals surface area contributed by atoms with Crippen LogP contribution in [0.25, 0.3) is 0 Å². The molecule has 1 aromatic heterocycles. The van der Waals surface area contributed by atoms with Gasteiger partial charge in [0.25, 0.3) is 5.91 Å². The lowest BCUT2D eigenvalue weighted by Gasteiger charge is -2.28. The van der Waals surface area contributed by atoms with Crippen molar-refractivity contribution in [1.29, 1.82) is 0 Å². The molecule has 7 heteroatoms. The maximum Gasteiger partial charge on any atom is 0.264 e. The smallest absolute Gasteiger partial charge is 0.264 e. The number of hydrogen-bond acceptors (Lipinski definition) is 4. The fourth-order valence-corrected chi connectivity index (χ4v) is 4.40. The first-order valence-corrected chi connectivity index (χ1v) is 9.42. The lowest BCUT2D eigenvalue weighted by Crippen LogP contribution is -2.36. The highest BCUT2D eigenvalue weighted by molar-refractivity contribution is 7.92. The van der Waals surface area contributed by atoms with E-state index in [1.54, 1.807) is 11.0 Å². The van der Waals surface area contributed by atoms with Gasteiger partial charge < -0.3 is 4.90 Å². The van der Waals surface area contributed by atoms with Gasteiger partial charge in [-0.25, -0.2) is 12.8 Å². The summed E-state index contributed by atoms with van der Waals surface area (Å²) in [5, 5.41) is 0. The summed E-state index contributed by atoms with van der Waals surface area (Å²) in [5.41, 5.74) is 1.47. The van der Waals surface area contributed by atoms with Crippen molar-refractivity contribution in [2.75, 3.05) is 12.8 Å². The van der Waals surface area contributed by atoms with Gasteiger partial charge in [-0.05, 0) is 30.2 Å². The van der Waals surface area contributed by atoms with Crippen LogP contribution in [0.15, 0.2) is 34.5 Å². The van der Waals surface area contributed by atoms with Crippen LogP contribution in [0, 0.1) is 5.82 Å². The fourth-order valence-electron chi connectivity index (χ4n) is 2.50. The predicted molar refractivity (Wildman–Crippen MR) is 82.3 cm³/mol. The Labute approximate surface area is 132 Å². The third kappa shape index (κ3) is 2.78. The van der Waals surface area contributed by atoms with Gasteiger partial charge in [0.15, 0.2) is 9.84 Å². The van der Waals surface area contributed by atoms with E-state index in [4.69, 9.17) is 0 Å². The maximum atomic E-state index is 13.9. The summed E-state index contributed by atoms with van der Waals surface area (Å²) < 4.78 is 37.0. The Morgan fingerprint density at radius 1 is 1.27 bits per heavy atom. The fraction of sp³-hybridized carbons (Fsp3) is 0.267. The first-order valence-electron chi connectivity index (χ1n) is 6.71. The zero-order valence-corrected chi connectivity index (χ0v) is 13.5. The van der Waals surface area contributed by atoms with Crippen LogP contribution in [0.1, 0.15) is 20.8 Å². The molecule has 1 amide bonds. The van der Waals surface area contributed by atoms with Gasteiger partial charge in [-0.3, -0.25) is 4.79 Å². The molecule has 0 saturated carbocycles. The Morgan fingerprint density at radius 2 is 2.05 bits per heavy atom. The lowest BCUT2D eigenvalue weighted by molar-refractivity contribution is 0.0737. The highest BCUT2D eigenvalue weighted by Gasteiger charge is 2.25. The minimum Gasteiger partial charge on any atom is -0.333 e. The normalized spacial score (nSPS) is 14.7. The number of sulfone groups is 1. The molecule has 1 aromatic carbocycles. The molecule has 1 aliphatic rings. The van der Waals surface area contributed by atoms with E-state index >= 15 is 0 Å². The van der Waals surface area contributed by atoms with E-state index in [0.717, 1.165) is 23.2 Å². The molecule has 0 unspecified atom stereocenters. The first-order chi connectivity index (χ1) is 10.4. The second-order valence-electron chi connectivity index (χ2n) is 5.25. The molecule has 1 aliphatic heterocycles. The predicted octanol–water partition coefficient (Wildman–Crippen LogP) is 2.49. The molecule has 0 atom stereocenters. The van der Waals surface area contributed by atoms with E-state index in [-0.39, 0.29) is 22.5 Å². The molecule has 3 rings (SSSR count). The molecule has 0 bridgehead atoms. The summed E-state index contributed by atoms with van der Waals surface area (Å²) >= 11 is 0.954. The standard InChI is InChI=1S/C15H14FNO3S2/c1-22(19,20)14-6-5-13(21-14)15(18)17-8-7-10-3-2-4-12(16)11(10)9-17/h2-6H,7-9H2,1H3. The number of halogens is 1. The summed E-state index contributed by atoms with van der Waals surface area (Å²) in [6.07, 6.45) is 1.71. The molecule has 0 saturated heterocycles. The van der Waals surface area contributed by atoms with Crippen LogP contribution in [0.5, 0.6) is 0 Å². The van der Waals surface area contributed by atoms with Crippen LogP contribution < -0.4 is 0 Å². The Hall–Kier alpha value is -1.73. The number of rotatable bonds is 2. The SMILES string of the molecule is CS(=O)(=O)c1ccc(C(=O)N2CCc3cccc(F)c3C2)s1. The number of carbonyl (C=O) groups excluding carboxylic acids is 1. The molecule has 0 N–H and O–H groups in total. The summed E-state index contributed by atoms with van der Waals surface area (Å²) in [4.78, 5) is 14.4. The third-order valence-electron chi connectivity index (χ3n) is 3.66. The van der Waals surface area contributed by atoms with Gasteiger partial charge in [-0.15, -0.1) is 11.3 Å². The average Bonchev–Trinajstić information content (AvgIpc) is 2.96. The van der Waals surface area contributed by atoms with Crippen LogP contribution in [0.2, 0.25) is 0 Å². The molecule has 0 aliphatic carbocycles. The molecule has 0 fully saturated rings. The van der Waals surface area contributed by atoms with Gasteiger partial charge in [0, 0.05) is 24.9 Å². The molecule has 4 nitrogen and oxygen atoms in total. The van der Waals surface area contributed by atoms with Crippen molar-refractivity contribution in [2.45, 2.75) is 17.2 Å². The highest BCUT2D eigenvalue weighted by Crippen LogP contribution is 2.26. The maximum absolute atomic E-state index is 13.9. The summed E-state index contributed by atoms with van der Waals surface area (Å²) in [7, 11) is -3.31. The van der Waals surface area contributed by atoms with Crippen LogP contribution in [-0.2, 0) is 22.8 Å². The van der Waals surface area contributed by atoms with Crippen LogP contribution in [0.3, 0.4) is 0 Å². The molecule has 116 valence electrons. The number of amides is 1. The average molecular weight is 339 g/mol. The first kappa shape index (κ1) is 15.2. The quantitative estimate of drug-likeness (QED) is 0.845. The third-order valence-corrected chi connectivity index (χ3v) is 6.55. The molecule has 0 radical (unpaired) electrons. The monoisotopic (exact) mass is 339 g/mol. The Bertz CT molecular complexity index is 842. The molecular weight excluding hydrogens is 325 g/mol. The van der Waals surface area contributed by atoms with E-state index in [1.165, 1.54) is 18.2 Å². The molecular formula is C15H14FNO3S2. The molecule has 2 heterocycles. The zero-order valence-electron chi connectivity index (χ0n) is 11.9. The van der Waals surface area contributed by atoms with E-state index in [9.17, 15) is 17.6 Å². The van der Waals surface area contributed by atoms with Gasteiger partial charge in [-0.1, -0.05) is 12.1 Å². The largest absolute Gasteiger partial charge is 0.333 e. The summed E-state index contributed by atoms with van der Waals surface area (Å²) in [6.45, 7) is 0.717. The Balaban J connectivity index is 1.85. The van der Waals surface area contributed by atoms with Crippen molar-refractivity contribution in [1.82, 2.24) is 4.90 Å². The van der Waals surface area contributed by atoms with Gasteiger partial charge in [0.05, 0.1) is 4.88 Å². The van der Waals surface area contributed by atoms with Crippen molar-refractivity contribution >= 4 is 27.1 Å². The Kier molecular flexibility index (Phi) is 3.78. The van der Waals surface area contributed by atoms with Crippen LogP contribution in [0.4, 0.5) is 4.39 Å². The number of thiophene rings is 1. The van der Waals surface area contributed by atoms with Gasteiger partial charge >= 0.3 is 0 Å². The number of nitrogens with zero attached hydrogens (tertiary/aromatic N) is 1. The minimum atomic E-state index is -3.31. The van der Waals surface area contributed by atoms with Crippen LogP contribution in [-0.4, -0.2) is 32.0 Å². The Morgan fingerprint density at radius 3 is 2.73 bits per heavy atom. The van der Waals surface area contributed by atoms with Crippen molar-refractivity contribution in [3.8, 4) is 0 Å². The van der Waals surface area contributed by atoms with Crippen molar-refractivity contribution in [3.05, 3.63) is 52.2 Å². The second-order valence-corrected chi connectivity index (χ2v) is 8.57. The number of carbonyl (C=O) groups is 1. The van der Waals surface area contributed by atoms with Crippen LogP contribution >= 0.6 is 11.3 Å². The van der Waals surface area contributed by atoms with E-state index in [1.807, 2.05) is 6.07 Å². The molecule has 22 heavy (non-hydrogen) atoms. The summed E-state index contributed by atoms with van der Waals surface area (Å²) in [5.74, 6) is -0.563. The number of fused-ring (bicyclic) bond motifs is 1. The number of hydrogen-bond donors (Lipinski definition) is 0. The van der Waals surface area contributed by atoms with Gasteiger partial charge in [-0.2, -0.15) is 0 Å². The summed E-state index contributed by atoms with van der Waals surface area (Å²) in [6, 6.07) is 7.88. The van der Waals surface area contributed by atoms with Crippen molar-refractivity contribution in [2.24, 2.45) is 0 Å². The lowest BCUT2D eigenvalue weighted by atomic mass is 9.99. The van der Waals surface area contributed by atoms with Crippen molar-refractivity contribution in [3.63, 3.8) is 0 Å². The van der Waals surface area contributed by atoms with Gasteiger partial charge in [0.2, 0.25) is 0 Å². The molecule has 0 spiro atoms. The number of benzene rings is 1. The molecule has 2 aromatic rings. The van der Waals surface area contributed by atoms with E-state index < -0.39 is 9.84 Å². The van der Waals surface area contributed by atoms with Crippen molar-refractivity contribution < 1.29 is 17.6 Å². The second kappa shape index (κ2) is 5.48. The topological polar surface area (TPSA) is 54.5 Å². The van der Waals surface area contributed by atoms with E-state index in [0.29, 0.717) is 23.4 Å².